The highest BCUT2D eigenvalue weighted by Gasteiger charge is 2.26. The van der Waals surface area contributed by atoms with Gasteiger partial charge in [0.25, 0.3) is 0 Å². The van der Waals surface area contributed by atoms with Crippen LogP contribution in [0.1, 0.15) is 31.2 Å². The van der Waals surface area contributed by atoms with Gasteiger partial charge in [0.2, 0.25) is 10.0 Å². The quantitative estimate of drug-likeness (QED) is 0.833. The van der Waals surface area contributed by atoms with Crippen LogP contribution < -0.4 is 0 Å². The van der Waals surface area contributed by atoms with Gasteiger partial charge < -0.3 is 0 Å². The van der Waals surface area contributed by atoms with Gasteiger partial charge in [0.1, 0.15) is 0 Å². The molecule has 1 aliphatic rings. The van der Waals surface area contributed by atoms with Gasteiger partial charge in [-0.1, -0.05) is 34.8 Å². The molecule has 1 aliphatic heterocycles. The summed E-state index contributed by atoms with van der Waals surface area (Å²) in [6.07, 6.45) is 4.19. The highest BCUT2D eigenvalue weighted by atomic mass is 79.9. The second-order valence-electron chi connectivity index (χ2n) is 4.73. The first kappa shape index (κ1) is 14.0. The third kappa shape index (κ3) is 2.95. The fraction of sp³-hybridized carbons (Fsp3) is 0.538. The zero-order chi connectivity index (χ0) is 13.2. The van der Waals surface area contributed by atoms with Gasteiger partial charge in [0, 0.05) is 17.6 Å². The Labute approximate surface area is 117 Å². The summed E-state index contributed by atoms with van der Waals surface area (Å²) in [6, 6.07) is 5.42. The molecule has 1 saturated heterocycles. The largest absolute Gasteiger partial charge is 0.243 e. The molecule has 0 amide bonds. The average Bonchev–Trinajstić information content (AvgIpc) is 2.61. The smallest absolute Gasteiger partial charge is 0.207 e. The number of halogens is 1. The molecular formula is C13H18BrNO2S. The van der Waals surface area contributed by atoms with E-state index in [4.69, 9.17) is 0 Å². The molecule has 1 fully saturated rings. The van der Waals surface area contributed by atoms with E-state index in [0.717, 1.165) is 35.7 Å². The summed E-state index contributed by atoms with van der Waals surface area (Å²) in [6.45, 7) is 3.14. The van der Waals surface area contributed by atoms with E-state index in [9.17, 15) is 8.42 Å². The summed E-state index contributed by atoms with van der Waals surface area (Å²) in [4.78, 5) is 0.429. The van der Waals surface area contributed by atoms with Gasteiger partial charge in [-0.2, -0.15) is 4.31 Å². The van der Waals surface area contributed by atoms with E-state index >= 15 is 0 Å². The molecule has 2 rings (SSSR count). The predicted octanol–water partition coefficient (Wildman–Crippen LogP) is 3.32. The van der Waals surface area contributed by atoms with E-state index in [1.165, 1.54) is 0 Å². The minimum Gasteiger partial charge on any atom is -0.207 e. The Balaban J connectivity index is 2.37. The lowest BCUT2D eigenvalue weighted by Gasteiger charge is -2.21. The monoisotopic (exact) mass is 331 g/mol. The van der Waals surface area contributed by atoms with Crippen LogP contribution in [0, 0.1) is 6.92 Å². The molecule has 0 atom stereocenters. The molecule has 0 saturated carbocycles. The van der Waals surface area contributed by atoms with Crippen LogP contribution in [0.4, 0.5) is 0 Å². The van der Waals surface area contributed by atoms with Crippen molar-refractivity contribution < 1.29 is 8.42 Å². The van der Waals surface area contributed by atoms with Crippen LogP contribution in [0.3, 0.4) is 0 Å². The van der Waals surface area contributed by atoms with Crippen molar-refractivity contribution in [3.05, 3.63) is 28.2 Å². The van der Waals surface area contributed by atoms with E-state index in [2.05, 4.69) is 15.9 Å². The van der Waals surface area contributed by atoms with Crippen LogP contribution in [0.5, 0.6) is 0 Å². The molecule has 0 bridgehead atoms. The second kappa shape index (κ2) is 5.72. The number of hydrogen-bond acceptors (Lipinski definition) is 2. The fourth-order valence-electron chi connectivity index (χ4n) is 2.27. The standard InChI is InChI=1S/C13H18BrNO2S/c1-11-6-7-12(14)10-13(11)18(16,17)15-8-4-2-3-5-9-15/h6-7,10H,2-5,8-9H2,1H3. The summed E-state index contributed by atoms with van der Waals surface area (Å²) in [5.74, 6) is 0. The summed E-state index contributed by atoms with van der Waals surface area (Å²) in [7, 11) is -3.34. The molecule has 0 aromatic heterocycles. The van der Waals surface area contributed by atoms with Crippen LogP contribution in [-0.4, -0.2) is 25.8 Å². The molecular weight excluding hydrogens is 314 g/mol. The lowest BCUT2D eigenvalue weighted by molar-refractivity contribution is 0.423. The van der Waals surface area contributed by atoms with Gasteiger partial charge in [-0.15, -0.1) is 0 Å². The number of nitrogens with zero attached hydrogens (tertiary/aromatic N) is 1. The molecule has 18 heavy (non-hydrogen) atoms. The van der Waals surface area contributed by atoms with E-state index in [1.807, 2.05) is 19.1 Å². The summed E-state index contributed by atoms with van der Waals surface area (Å²) < 4.78 is 27.7. The summed E-state index contributed by atoms with van der Waals surface area (Å²) in [5, 5.41) is 0. The van der Waals surface area contributed by atoms with Crippen molar-refractivity contribution in [1.82, 2.24) is 4.31 Å². The maximum atomic E-state index is 12.6. The molecule has 1 aromatic rings. The Bertz CT molecular complexity index is 520. The highest BCUT2D eigenvalue weighted by Crippen LogP contribution is 2.25. The van der Waals surface area contributed by atoms with Gasteiger partial charge in [0.05, 0.1) is 4.90 Å². The zero-order valence-electron chi connectivity index (χ0n) is 10.5. The molecule has 100 valence electrons. The third-order valence-electron chi connectivity index (χ3n) is 3.33. The Morgan fingerprint density at radius 2 is 1.72 bits per heavy atom. The van der Waals surface area contributed by atoms with Crippen molar-refractivity contribution >= 4 is 26.0 Å². The number of hydrogen-bond donors (Lipinski definition) is 0. The predicted molar refractivity (Wildman–Crippen MR) is 76.1 cm³/mol. The number of aryl methyl sites for hydroxylation is 1. The minimum absolute atomic E-state index is 0.429. The Hall–Kier alpha value is -0.390. The highest BCUT2D eigenvalue weighted by molar-refractivity contribution is 9.10. The van der Waals surface area contributed by atoms with Gasteiger partial charge in [0.15, 0.2) is 0 Å². The first-order valence-electron chi connectivity index (χ1n) is 6.28. The lowest BCUT2D eigenvalue weighted by Crippen LogP contribution is -2.32. The van der Waals surface area contributed by atoms with E-state index < -0.39 is 10.0 Å². The number of rotatable bonds is 2. The molecule has 3 nitrogen and oxygen atoms in total. The van der Waals surface area contributed by atoms with Crippen LogP contribution in [0.25, 0.3) is 0 Å². The molecule has 1 heterocycles. The van der Waals surface area contributed by atoms with Gasteiger partial charge >= 0.3 is 0 Å². The van der Waals surface area contributed by atoms with E-state index in [0.29, 0.717) is 18.0 Å². The lowest BCUT2D eigenvalue weighted by atomic mass is 10.2. The summed E-state index contributed by atoms with van der Waals surface area (Å²) >= 11 is 3.35. The zero-order valence-corrected chi connectivity index (χ0v) is 12.9. The van der Waals surface area contributed by atoms with Crippen molar-refractivity contribution in [3.63, 3.8) is 0 Å². The maximum absolute atomic E-state index is 12.6. The van der Waals surface area contributed by atoms with E-state index in [-0.39, 0.29) is 0 Å². The maximum Gasteiger partial charge on any atom is 0.243 e. The van der Waals surface area contributed by atoms with Crippen molar-refractivity contribution in [3.8, 4) is 0 Å². The topological polar surface area (TPSA) is 37.4 Å². The normalized spacial score (nSPS) is 18.6. The van der Waals surface area contributed by atoms with Gasteiger partial charge in [-0.3, -0.25) is 0 Å². The third-order valence-corrected chi connectivity index (χ3v) is 5.87. The molecule has 0 N–H and O–H groups in total. The first-order chi connectivity index (χ1) is 8.51. The van der Waals surface area contributed by atoms with Crippen LogP contribution >= 0.6 is 15.9 Å². The number of benzene rings is 1. The first-order valence-corrected chi connectivity index (χ1v) is 8.51. The van der Waals surface area contributed by atoms with Gasteiger partial charge in [-0.25, -0.2) is 8.42 Å². The Morgan fingerprint density at radius 3 is 2.33 bits per heavy atom. The van der Waals surface area contributed by atoms with Crippen molar-refractivity contribution in [1.29, 1.82) is 0 Å². The number of sulfonamides is 1. The van der Waals surface area contributed by atoms with Crippen molar-refractivity contribution in [2.75, 3.05) is 13.1 Å². The molecule has 5 heteroatoms. The Kier molecular flexibility index (Phi) is 4.45. The average molecular weight is 332 g/mol. The van der Waals surface area contributed by atoms with Crippen LogP contribution in [0.15, 0.2) is 27.6 Å². The van der Waals surface area contributed by atoms with Gasteiger partial charge in [-0.05, 0) is 37.5 Å². The van der Waals surface area contributed by atoms with Crippen molar-refractivity contribution in [2.45, 2.75) is 37.5 Å². The second-order valence-corrected chi connectivity index (χ2v) is 7.55. The Morgan fingerprint density at radius 1 is 1.11 bits per heavy atom. The molecule has 0 unspecified atom stereocenters. The van der Waals surface area contributed by atoms with E-state index in [1.54, 1.807) is 10.4 Å². The fourth-order valence-corrected chi connectivity index (χ4v) is 4.55. The van der Waals surface area contributed by atoms with Crippen molar-refractivity contribution in [2.24, 2.45) is 0 Å². The summed E-state index contributed by atoms with van der Waals surface area (Å²) in [5.41, 5.74) is 0.808. The molecule has 0 aliphatic carbocycles. The molecule has 0 radical (unpaired) electrons. The SMILES string of the molecule is Cc1ccc(Br)cc1S(=O)(=O)N1CCCCCC1. The minimum atomic E-state index is -3.34. The molecule has 0 spiro atoms. The van der Waals surface area contributed by atoms with Crippen LogP contribution in [0.2, 0.25) is 0 Å². The molecule has 1 aromatic carbocycles. The van der Waals surface area contributed by atoms with Crippen LogP contribution in [-0.2, 0) is 10.0 Å².